The molecule has 11 rings (SSSR count). The van der Waals surface area contributed by atoms with Gasteiger partial charge in [-0.1, -0.05) is 103 Å². The van der Waals surface area contributed by atoms with E-state index in [1.165, 1.54) is 72.2 Å². The van der Waals surface area contributed by atoms with Crippen LogP contribution >= 0.6 is 45.8 Å². The summed E-state index contributed by atoms with van der Waals surface area (Å²) in [6, 6.07) is 41.8. The number of carbonyl (C=O) groups is 1. The van der Waals surface area contributed by atoms with Gasteiger partial charge in [-0.2, -0.15) is 0 Å². The largest absolute Gasteiger partial charge is 0.871 e. The van der Waals surface area contributed by atoms with Crippen LogP contribution in [0.5, 0.6) is 0 Å². The predicted octanol–water partition coefficient (Wildman–Crippen LogP) is 10.1. The summed E-state index contributed by atoms with van der Waals surface area (Å²) in [6.45, 7) is 18.1. The van der Waals surface area contributed by atoms with E-state index in [0.29, 0.717) is 11.1 Å². The Balaban J connectivity index is 0.975. The van der Waals surface area contributed by atoms with Gasteiger partial charge in [0.1, 0.15) is 21.1 Å². The highest BCUT2D eigenvalue weighted by Crippen LogP contribution is 2.49. The Hall–Kier alpha value is -5.08. The second-order valence-corrected chi connectivity index (χ2v) is 30.9. The quantitative estimate of drug-likeness (QED) is 0.123. The van der Waals surface area contributed by atoms with E-state index in [4.69, 9.17) is 0 Å². The third-order valence-corrected chi connectivity index (χ3v) is 25.6. The fraction of sp³-hybridized carbons (Fsp3) is 0.154. The van der Waals surface area contributed by atoms with Crippen molar-refractivity contribution >= 4 is 132 Å². The molecule has 3 aliphatic heterocycles. The summed E-state index contributed by atoms with van der Waals surface area (Å²) < 4.78 is 4.41. The number of thioether (sulfide) groups is 1. The van der Waals surface area contributed by atoms with E-state index >= 15 is 0 Å². The first kappa shape index (κ1) is 39.7. The molecule has 306 valence electrons. The number of fused-ring (bicyclic) bond motifs is 5. The molecule has 0 saturated heterocycles. The molecule has 0 N–H and O–H groups in total. The average molecular weight is 913 g/mol. The lowest BCUT2D eigenvalue weighted by atomic mass is 9.87. The number of allylic oxidation sites excluding steroid dienone is 2. The second kappa shape index (κ2) is 14.2. The van der Waals surface area contributed by atoms with Crippen LogP contribution in [0.15, 0.2) is 132 Å². The Morgan fingerprint density at radius 2 is 1.10 bits per heavy atom. The van der Waals surface area contributed by atoms with Crippen molar-refractivity contribution in [2.24, 2.45) is 0 Å². The number of carbonyl (C=O) groups excluding carboxylic acids is 1. The van der Waals surface area contributed by atoms with Crippen LogP contribution in [0.3, 0.4) is 0 Å². The molecular weight excluding hydrogens is 869 g/mol. The molecule has 62 heavy (non-hydrogen) atoms. The number of hydrogen-bond acceptors (Lipinski definition) is 7. The molecule has 3 aromatic heterocycles. The van der Waals surface area contributed by atoms with Crippen LogP contribution in [0, 0.1) is 27.7 Å². The maximum atomic E-state index is 14.3. The van der Waals surface area contributed by atoms with Crippen molar-refractivity contribution in [3.8, 4) is 9.75 Å². The van der Waals surface area contributed by atoms with Crippen LogP contribution in [0.2, 0.25) is 26.2 Å². The Kier molecular flexibility index (Phi) is 9.12. The first-order valence-electron chi connectivity index (χ1n) is 21.0. The Labute approximate surface area is 380 Å². The molecule has 0 bridgehead atoms. The molecule has 0 amide bonds. The fourth-order valence-electron chi connectivity index (χ4n) is 9.25. The van der Waals surface area contributed by atoms with Crippen LogP contribution in [0.25, 0.3) is 25.8 Å². The van der Waals surface area contributed by atoms with Crippen molar-refractivity contribution in [3.63, 3.8) is 0 Å². The van der Waals surface area contributed by atoms with E-state index < -0.39 is 16.1 Å². The molecule has 0 unspecified atom stereocenters. The predicted molar refractivity (Wildman–Crippen MR) is 272 cm³/mol. The van der Waals surface area contributed by atoms with Crippen molar-refractivity contribution in [3.05, 3.63) is 168 Å². The molecule has 0 spiro atoms. The number of Topliss-reactive ketones (excluding diaryl/α,β-unsaturated/α-hetero) is 1. The van der Waals surface area contributed by atoms with Crippen LogP contribution in [-0.4, -0.2) is 27.0 Å². The molecule has 4 aliphatic rings. The van der Waals surface area contributed by atoms with Crippen LogP contribution in [0.4, 0.5) is 27.8 Å². The van der Waals surface area contributed by atoms with Gasteiger partial charge in [-0.05, 0) is 103 Å². The lowest BCUT2D eigenvalue weighted by Gasteiger charge is -2.29. The van der Waals surface area contributed by atoms with Gasteiger partial charge in [0.25, 0.3) is 5.04 Å². The summed E-state index contributed by atoms with van der Waals surface area (Å²) in [6.07, 6.45) is 2.41. The zero-order chi connectivity index (χ0) is 43.0. The Bertz CT molecular complexity index is 3210. The molecule has 7 aromatic rings. The van der Waals surface area contributed by atoms with E-state index in [0.717, 1.165) is 32.2 Å². The van der Waals surface area contributed by atoms with Gasteiger partial charge < -0.3 is 10.0 Å². The molecule has 4 aromatic carbocycles. The molecule has 0 fully saturated rings. The number of benzene rings is 4. The highest BCUT2D eigenvalue weighted by molar-refractivity contribution is 8.23. The third kappa shape index (κ3) is 6.02. The molecule has 1 aliphatic carbocycles. The maximum absolute atomic E-state index is 14.3. The number of hydrogen-bond donors (Lipinski definition) is 0. The van der Waals surface area contributed by atoms with E-state index in [1.807, 2.05) is 23.1 Å². The van der Waals surface area contributed by atoms with Crippen molar-refractivity contribution < 1.29 is 9.90 Å². The smallest absolute Gasteiger partial charge is 0.251 e. The standard InChI is InChI=1S/C52H44N2O2S4Si2/c1-29-9-17-33(18-10-29)53(34-19-11-30(2)12-20-34)43-27-41-51(59-43)49-39(61(41,5)6)25-37(57-49)45-47(55)46(48(45)56)38-26-40-50(58-38)52-42(62(40,7)8)28-44(60-52)54(35-21-13-31(3)14-22-35)36-23-15-32(4)16-24-36/h9-28H,1-8H3. The van der Waals surface area contributed by atoms with Gasteiger partial charge in [-0.15, -0.1) is 38.6 Å². The molecule has 0 saturated carbocycles. The third-order valence-electron chi connectivity index (χ3n) is 13.0. The Morgan fingerprint density at radius 1 is 0.581 bits per heavy atom. The second-order valence-electron chi connectivity index (χ2n) is 18.0. The molecular formula is C52H44N2O2S4Si2. The maximum Gasteiger partial charge on any atom is 0.251 e. The lowest BCUT2D eigenvalue weighted by molar-refractivity contribution is -0.292. The number of anilines is 3. The van der Waals surface area contributed by atoms with E-state index in [9.17, 15) is 9.90 Å². The van der Waals surface area contributed by atoms with Gasteiger partial charge in [0.05, 0.1) is 0 Å². The zero-order valence-electron chi connectivity index (χ0n) is 35.9. The number of thiophene rings is 3. The van der Waals surface area contributed by atoms with Crippen LogP contribution in [0.1, 0.15) is 27.1 Å². The summed E-state index contributed by atoms with van der Waals surface area (Å²) in [7, 11) is -4.23. The minimum absolute atomic E-state index is 0.109. The topological polar surface area (TPSA) is 46.4 Å². The Morgan fingerprint density at radius 3 is 1.65 bits per heavy atom. The highest BCUT2D eigenvalue weighted by Gasteiger charge is 2.46. The van der Waals surface area contributed by atoms with Gasteiger partial charge in [0, 0.05) is 81.5 Å². The minimum atomic E-state index is -2.12. The van der Waals surface area contributed by atoms with E-state index in [2.05, 4.69) is 185 Å². The summed E-state index contributed by atoms with van der Waals surface area (Å²) in [5, 5.41) is 22.2. The molecule has 0 atom stereocenters. The molecule has 6 heterocycles. The van der Waals surface area contributed by atoms with Gasteiger partial charge in [0.15, 0.2) is 5.78 Å². The van der Waals surface area contributed by atoms with Gasteiger partial charge in [-0.3, -0.25) is 4.79 Å². The number of nitrogens with zero attached hydrogens (tertiary/aromatic N) is 2. The van der Waals surface area contributed by atoms with Crippen molar-refractivity contribution in [1.82, 2.24) is 4.58 Å². The van der Waals surface area contributed by atoms with Crippen LogP contribution < -0.4 is 39.2 Å². The minimum Gasteiger partial charge on any atom is -0.871 e. The van der Waals surface area contributed by atoms with Gasteiger partial charge in [0.2, 0.25) is 11.4 Å². The van der Waals surface area contributed by atoms with Crippen LogP contribution in [-0.2, 0) is 4.79 Å². The number of aryl methyl sites for hydroxylation is 4. The summed E-state index contributed by atoms with van der Waals surface area (Å²) in [4.78, 5) is 21.3. The summed E-state index contributed by atoms with van der Waals surface area (Å²) in [5.41, 5.74) is 10.2. The number of ketones is 1. The van der Waals surface area contributed by atoms with Crippen molar-refractivity contribution in [2.45, 2.75) is 53.9 Å². The molecule has 4 nitrogen and oxygen atoms in total. The number of rotatable bonds is 6. The lowest BCUT2D eigenvalue weighted by Crippen LogP contribution is -2.48. The normalized spacial score (nSPS) is 17.5. The zero-order valence-corrected chi connectivity index (χ0v) is 41.2. The SMILES string of the molecule is Cc1ccc(N(c2ccc(C)cc2)c2cc3c(s2)-c2sc(C4=C([O-])/C(=c5\cc6c(s5)=C5SC(=[N+](c7ccc(C)cc7)c7ccc(C)cc7)C=C5[Si]6(C)C)C4=O)cc2[Si]3(C)C)cc1. The van der Waals surface area contributed by atoms with Gasteiger partial charge in [-0.25, -0.2) is 0 Å². The van der Waals surface area contributed by atoms with Crippen molar-refractivity contribution in [2.75, 3.05) is 4.90 Å². The van der Waals surface area contributed by atoms with E-state index in [-0.39, 0.29) is 11.5 Å². The monoisotopic (exact) mass is 912 g/mol. The fourth-order valence-corrected chi connectivity index (χ4v) is 23.8. The first-order chi connectivity index (χ1) is 29.7. The highest BCUT2D eigenvalue weighted by atomic mass is 32.2. The van der Waals surface area contributed by atoms with Gasteiger partial charge >= 0.3 is 0 Å². The first-order valence-corrected chi connectivity index (χ1v) is 30.2. The van der Waals surface area contributed by atoms with Crippen molar-refractivity contribution in [1.29, 1.82) is 0 Å². The summed E-state index contributed by atoms with van der Waals surface area (Å²) in [5.74, 6) is -0.217. The summed E-state index contributed by atoms with van der Waals surface area (Å²) >= 11 is 6.92. The average Bonchev–Trinajstić information content (AvgIpc) is 4.09. The van der Waals surface area contributed by atoms with E-state index in [1.54, 1.807) is 22.7 Å². The molecule has 10 heteroatoms. The molecule has 0 radical (unpaired) electrons.